The molecule has 0 unspecified atom stereocenters. The monoisotopic (exact) mass is 481 g/mol. The molecule has 2 fully saturated rings. The summed E-state index contributed by atoms with van der Waals surface area (Å²) in [5.41, 5.74) is 0.0389. The number of esters is 1. The summed E-state index contributed by atoms with van der Waals surface area (Å²) in [7, 11) is 7.58. The van der Waals surface area contributed by atoms with E-state index in [2.05, 4.69) is 6.92 Å². The molecule has 3 atom stereocenters. The van der Waals surface area contributed by atoms with Crippen molar-refractivity contribution in [1.82, 2.24) is 4.90 Å². The molecule has 0 bridgehead atoms. The third-order valence-corrected chi connectivity index (χ3v) is 10.3. The van der Waals surface area contributed by atoms with E-state index in [4.69, 9.17) is 9.47 Å². The number of unbranched alkanes of at least 4 members (excludes halogenated alkanes) is 1. The zero-order chi connectivity index (χ0) is 23.0. The maximum atomic E-state index is 12.2. The highest BCUT2D eigenvalue weighted by Gasteiger charge is 2.41. The summed E-state index contributed by atoms with van der Waals surface area (Å²) in [6.07, 6.45) is 8.71. The third-order valence-electron chi connectivity index (χ3n) is 6.89. The van der Waals surface area contributed by atoms with Crippen LogP contribution in [0.2, 0.25) is 0 Å². The summed E-state index contributed by atoms with van der Waals surface area (Å²) < 4.78 is 11.3. The van der Waals surface area contributed by atoms with Gasteiger partial charge in [-0.1, -0.05) is 53.0 Å². The number of hydrogen-bond acceptors (Lipinski definition) is 7. The van der Waals surface area contributed by atoms with Crippen LogP contribution in [0, 0.1) is 5.92 Å². The second-order valence-corrected chi connectivity index (χ2v) is 12.6. The molecule has 0 aromatic heterocycles. The van der Waals surface area contributed by atoms with E-state index in [0.29, 0.717) is 17.7 Å². The average molecular weight is 482 g/mol. The predicted octanol–water partition coefficient (Wildman–Crippen LogP) is 5.61. The molecule has 7 heteroatoms. The molecule has 1 aromatic carbocycles. The van der Waals surface area contributed by atoms with E-state index < -0.39 is 5.60 Å². The molecule has 1 heterocycles. The molecule has 0 amide bonds. The van der Waals surface area contributed by atoms with Crippen molar-refractivity contribution in [2.24, 2.45) is 5.92 Å². The van der Waals surface area contributed by atoms with Gasteiger partial charge in [-0.25, -0.2) is 0 Å². The number of benzene rings is 1. The minimum atomic E-state index is -0.877. The van der Waals surface area contributed by atoms with E-state index in [0.717, 1.165) is 49.8 Å². The molecule has 1 aromatic rings. The molecule has 1 aliphatic carbocycles. The van der Waals surface area contributed by atoms with Crippen LogP contribution < -0.4 is 4.74 Å². The van der Waals surface area contributed by atoms with Gasteiger partial charge in [0, 0.05) is 29.4 Å². The first-order valence-electron chi connectivity index (χ1n) is 11.9. The Morgan fingerprint density at radius 1 is 1.28 bits per heavy atom. The molecule has 1 N–H and O–H groups in total. The predicted molar refractivity (Wildman–Crippen MR) is 134 cm³/mol. The highest BCUT2D eigenvalue weighted by atomic mass is 33.1. The van der Waals surface area contributed by atoms with Gasteiger partial charge in [0.15, 0.2) is 0 Å². The highest BCUT2D eigenvalue weighted by Crippen LogP contribution is 2.49. The number of methoxy groups -OCH3 is 1. The van der Waals surface area contributed by atoms with E-state index in [1.807, 2.05) is 57.8 Å². The second-order valence-electron chi connectivity index (χ2n) is 9.60. The Balaban J connectivity index is 1.43. The first-order valence-corrected chi connectivity index (χ1v) is 14.2. The average Bonchev–Trinajstić information content (AvgIpc) is 3.23. The number of nitrogens with zero attached hydrogens (tertiary/aromatic N) is 1. The van der Waals surface area contributed by atoms with E-state index in [9.17, 15) is 9.90 Å². The largest absolute Gasteiger partial charge is 0.497 e. The Hall–Kier alpha value is -0.890. The maximum Gasteiger partial charge on any atom is 0.307 e. The van der Waals surface area contributed by atoms with Crippen molar-refractivity contribution in [3.8, 4) is 5.75 Å². The molecule has 0 spiro atoms. The summed E-state index contributed by atoms with van der Waals surface area (Å²) >= 11 is 0. The lowest BCUT2D eigenvalue weighted by atomic mass is 9.71. The number of rotatable bonds is 11. The smallest absolute Gasteiger partial charge is 0.307 e. The van der Waals surface area contributed by atoms with Crippen LogP contribution in [0.4, 0.5) is 0 Å². The standard InChI is InChI=1S/C25H39NO4S2/c1-24(15-16-31-32-24)13-6-5-12-23(27)30-19-26(2)18-21-9-4-7-14-25(21,28)20-10-8-11-22(17-20)29-3/h8,10-11,17,21,28H,4-7,9,12-16,18-19H2,1-3H3/t21-,24-,25+/m1/s1. The van der Waals surface area contributed by atoms with Crippen molar-refractivity contribution < 1.29 is 19.4 Å². The summed E-state index contributed by atoms with van der Waals surface area (Å²) in [6.45, 7) is 3.30. The quantitative estimate of drug-likeness (QED) is 0.191. The van der Waals surface area contributed by atoms with Gasteiger partial charge in [0.2, 0.25) is 0 Å². The van der Waals surface area contributed by atoms with Gasteiger partial charge >= 0.3 is 5.97 Å². The summed E-state index contributed by atoms with van der Waals surface area (Å²) in [5, 5.41) is 11.6. The molecular formula is C25H39NO4S2. The van der Waals surface area contributed by atoms with Crippen molar-refractivity contribution in [2.75, 3.05) is 33.2 Å². The number of aliphatic hydroxyl groups is 1. The second kappa shape index (κ2) is 12.0. The van der Waals surface area contributed by atoms with E-state index in [1.165, 1.54) is 18.6 Å². The Morgan fingerprint density at radius 2 is 2.12 bits per heavy atom. The van der Waals surface area contributed by atoms with E-state index >= 15 is 0 Å². The summed E-state index contributed by atoms with van der Waals surface area (Å²) in [5.74, 6) is 1.97. The number of carbonyl (C=O) groups is 1. The van der Waals surface area contributed by atoms with Crippen LogP contribution in [0.3, 0.4) is 0 Å². The topological polar surface area (TPSA) is 59.0 Å². The number of ether oxygens (including phenoxy) is 2. The van der Waals surface area contributed by atoms with Crippen LogP contribution in [0.25, 0.3) is 0 Å². The van der Waals surface area contributed by atoms with Gasteiger partial charge < -0.3 is 14.6 Å². The molecule has 180 valence electrons. The Labute approximate surface area is 201 Å². The molecule has 1 aliphatic heterocycles. The fourth-order valence-electron chi connectivity index (χ4n) is 4.84. The van der Waals surface area contributed by atoms with Crippen molar-refractivity contribution >= 4 is 27.6 Å². The van der Waals surface area contributed by atoms with Crippen molar-refractivity contribution in [2.45, 2.75) is 75.1 Å². The Morgan fingerprint density at radius 3 is 2.88 bits per heavy atom. The molecule has 1 saturated heterocycles. The molecule has 0 radical (unpaired) electrons. The van der Waals surface area contributed by atoms with E-state index in [1.54, 1.807) is 7.11 Å². The van der Waals surface area contributed by atoms with Gasteiger partial charge in [0.1, 0.15) is 12.5 Å². The van der Waals surface area contributed by atoms with Crippen molar-refractivity contribution in [1.29, 1.82) is 0 Å². The van der Waals surface area contributed by atoms with Crippen LogP contribution in [0.15, 0.2) is 24.3 Å². The number of carbonyl (C=O) groups excluding carboxylic acids is 1. The first-order chi connectivity index (χ1) is 15.3. The van der Waals surface area contributed by atoms with Crippen LogP contribution in [-0.2, 0) is 15.1 Å². The molecule has 5 nitrogen and oxygen atoms in total. The lowest BCUT2D eigenvalue weighted by Gasteiger charge is -2.42. The van der Waals surface area contributed by atoms with Crippen LogP contribution in [0.1, 0.15) is 70.3 Å². The summed E-state index contributed by atoms with van der Waals surface area (Å²) in [6, 6.07) is 7.78. The Kier molecular flexibility index (Phi) is 9.65. The molecule has 2 aliphatic rings. The normalized spacial score (nSPS) is 28.1. The van der Waals surface area contributed by atoms with Crippen molar-refractivity contribution in [3.63, 3.8) is 0 Å². The van der Waals surface area contributed by atoms with Gasteiger partial charge in [-0.05, 0) is 63.8 Å². The van der Waals surface area contributed by atoms with Gasteiger partial charge in [0.25, 0.3) is 0 Å². The van der Waals surface area contributed by atoms with E-state index in [-0.39, 0.29) is 18.6 Å². The molecule has 1 saturated carbocycles. The summed E-state index contributed by atoms with van der Waals surface area (Å²) in [4.78, 5) is 14.2. The Bertz CT molecular complexity index is 740. The molecule has 32 heavy (non-hydrogen) atoms. The fourth-order valence-corrected chi connectivity index (χ4v) is 8.14. The third kappa shape index (κ3) is 7.05. The first kappa shape index (κ1) is 25.7. The zero-order valence-electron chi connectivity index (χ0n) is 19.8. The van der Waals surface area contributed by atoms with Crippen molar-refractivity contribution in [3.05, 3.63) is 29.8 Å². The lowest BCUT2D eigenvalue weighted by molar-refractivity contribution is -0.149. The van der Waals surface area contributed by atoms with Crippen LogP contribution in [0.5, 0.6) is 5.75 Å². The molecular weight excluding hydrogens is 442 g/mol. The van der Waals surface area contributed by atoms with Crippen LogP contribution >= 0.6 is 21.6 Å². The highest BCUT2D eigenvalue weighted by molar-refractivity contribution is 8.77. The SMILES string of the molecule is COc1cccc([C@@]2(O)CCCC[C@@H]2CN(C)COC(=O)CCCC[C@]2(C)CCSS2)c1. The zero-order valence-corrected chi connectivity index (χ0v) is 21.4. The fraction of sp³-hybridized carbons (Fsp3) is 0.720. The van der Waals surface area contributed by atoms with Gasteiger partial charge in [0.05, 0.1) is 12.7 Å². The minimum Gasteiger partial charge on any atom is -0.497 e. The van der Waals surface area contributed by atoms with Crippen LogP contribution in [-0.4, -0.2) is 53.9 Å². The lowest BCUT2D eigenvalue weighted by Crippen LogP contribution is -2.44. The van der Waals surface area contributed by atoms with Gasteiger partial charge in [-0.2, -0.15) is 0 Å². The number of hydrogen-bond donors (Lipinski definition) is 1. The molecule has 3 rings (SSSR count). The van der Waals surface area contributed by atoms with Gasteiger partial charge in [-0.3, -0.25) is 9.69 Å². The maximum absolute atomic E-state index is 12.2. The van der Waals surface area contributed by atoms with Gasteiger partial charge in [-0.15, -0.1) is 0 Å². The minimum absolute atomic E-state index is 0.0922.